The molecule has 0 saturated heterocycles. The van der Waals surface area contributed by atoms with Crippen molar-refractivity contribution in [1.82, 2.24) is 5.32 Å². The summed E-state index contributed by atoms with van der Waals surface area (Å²) in [6.07, 6.45) is 1.72. The SMILES string of the molecule is O=C(CNc1ccccc1OC(F)F)NCCCc1ccccc1. The molecule has 0 atom stereocenters. The highest BCUT2D eigenvalue weighted by atomic mass is 19.3. The minimum atomic E-state index is -2.90. The van der Waals surface area contributed by atoms with E-state index in [-0.39, 0.29) is 18.2 Å². The Morgan fingerprint density at radius 2 is 1.75 bits per heavy atom. The van der Waals surface area contributed by atoms with Crippen molar-refractivity contribution in [3.8, 4) is 5.75 Å². The molecule has 0 unspecified atom stereocenters. The van der Waals surface area contributed by atoms with Crippen LogP contribution in [0.5, 0.6) is 5.75 Å². The number of alkyl halides is 2. The molecule has 0 aliphatic carbocycles. The zero-order valence-corrected chi connectivity index (χ0v) is 13.2. The monoisotopic (exact) mass is 334 g/mol. The number of ether oxygens (including phenoxy) is 1. The molecule has 2 aromatic carbocycles. The van der Waals surface area contributed by atoms with Crippen LogP contribution in [-0.2, 0) is 11.2 Å². The zero-order valence-electron chi connectivity index (χ0n) is 13.2. The number of amides is 1. The van der Waals surface area contributed by atoms with Crippen LogP contribution in [0.15, 0.2) is 54.6 Å². The molecule has 0 aromatic heterocycles. The predicted octanol–water partition coefficient (Wildman–Crippen LogP) is 3.45. The van der Waals surface area contributed by atoms with Gasteiger partial charge in [-0.2, -0.15) is 8.78 Å². The molecule has 2 rings (SSSR count). The minimum Gasteiger partial charge on any atom is -0.433 e. The summed E-state index contributed by atoms with van der Waals surface area (Å²) >= 11 is 0. The summed E-state index contributed by atoms with van der Waals surface area (Å²) in [5.74, 6) is -0.181. The molecule has 2 N–H and O–H groups in total. The Hall–Kier alpha value is -2.63. The molecule has 128 valence electrons. The molecule has 0 aliphatic rings. The van der Waals surface area contributed by atoms with Gasteiger partial charge in [0, 0.05) is 6.54 Å². The van der Waals surface area contributed by atoms with Gasteiger partial charge in [-0.3, -0.25) is 4.79 Å². The van der Waals surface area contributed by atoms with Gasteiger partial charge in [-0.25, -0.2) is 0 Å². The average Bonchev–Trinajstić information content (AvgIpc) is 2.58. The fourth-order valence-corrected chi connectivity index (χ4v) is 2.21. The first-order valence-corrected chi connectivity index (χ1v) is 7.73. The lowest BCUT2D eigenvalue weighted by Crippen LogP contribution is -2.30. The number of benzene rings is 2. The van der Waals surface area contributed by atoms with E-state index in [1.54, 1.807) is 18.2 Å². The number of carbonyl (C=O) groups excluding carboxylic acids is 1. The lowest BCUT2D eigenvalue weighted by atomic mass is 10.1. The van der Waals surface area contributed by atoms with Crippen molar-refractivity contribution in [1.29, 1.82) is 0 Å². The number of halogens is 2. The normalized spacial score (nSPS) is 10.5. The number of para-hydroxylation sites is 2. The van der Waals surface area contributed by atoms with Gasteiger partial charge in [0.2, 0.25) is 5.91 Å². The fourth-order valence-electron chi connectivity index (χ4n) is 2.21. The number of rotatable bonds is 9. The number of aryl methyl sites for hydroxylation is 1. The van der Waals surface area contributed by atoms with Crippen molar-refractivity contribution in [2.45, 2.75) is 19.5 Å². The second-order valence-electron chi connectivity index (χ2n) is 5.17. The van der Waals surface area contributed by atoms with E-state index in [1.807, 2.05) is 30.3 Å². The first kappa shape index (κ1) is 17.7. The molecule has 1 amide bonds. The molecular weight excluding hydrogens is 314 g/mol. The van der Waals surface area contributed by atoms with E-state index in [2.05, 4.69) is 15.4 Å². The third kappa shape index (κ3) is 6.24. The number of hydrogen-bond donors (Lipinski definition) is 2. The molecule has 2 aromatic rings. The molecule has 0 bridgehead atoms. The van der Waals surface area contributed by atoms with Crippen molar-refractivity contribution in [3.05, 3.63) is 60.2 Å². The third-order valence-corrected chi connectivity index (χ3v) is 3.35. The van der Waals surface area contributed by atoms with Crippen LogP contribution in [-0.4, -0.2) is 25.6 Å². The van der Waals surface area contributed by atoms with Crippen LogP contribution in [0.1, 0.15) is 12.0 Å². The molecule has 0 saturated carbocycles. The van der Waals surface area contributed by atoms with Gasteiger partial charge in [-0.1, -0.05) is 42.5 Å². The van der Waals surface area contributed by atoms with Crippen molar-refractivity contribution in [3.63, 3.8) is 0 Å². The third-order valence-electron chi connectivity index (χ3n) is 3.35. The summed E-state index contributed by atoms with van der Waals surface area (Å²) in [6, 6.07) is 16.3. The second kappa shape index (κ2) is 9.50. The first-order chi connectivity index (χ1) is 11.6. The van der Waals surface area contributed by atoms with Crippen LogP contribution < -0.4 is 15.4 Å². The van der Waals surface area contributed by atoms with Crippen molar-refractivity contribution in [2.24, 2.45) is 0 Å². The summed E-state index contributed by atoms with van der Waals surface area (Å²) in [7, 11) is 0. The van der Waals surface area contributed by atoms with Gasteiger partial charge in [0.05, 0.1) is 12.2 Å². The first-order valence-electron chi connectivity index (χ1n) is 7.73. The Labute approximate surface area is 139 Å². The van der Waals surface area contributed by atoms with E-state index in [0.717, 1.165) is 12.8 Å². The minimum absolute atomic E-state index is 0.00501. The Morgan fingerprint density at radius 1 is 1.04 bits per heavy atom. The van der Waals surface area contributed by atoms with E-state index in [4.69, 9.17) is 0 Å². The quantitative estimate of drug-likeness (QED) is 0.691. The molecule has 0 aliphatic heterocycles. The molecule has 4 nitrogen and oxygen atoms in total. The smallest absolute Gasteiger partial charge is 0.387 e. The Kier molecular flexibility index (Phi) is 7.01. The Bertz CT molecular complexity index is 636. The van der Waals surface area contributed by atoms with E-state index in [9.17, 15) is 13.6 Å². The summed E-state index contributed by atoms with van der Waals surface area (Å²) in [5.41, 5.74) is 1.58. The Morgan fingerprint density at radius 3 is 2.50 bits per heavy atom. The molecule has 24 heavy (non-hydrogen) atoms. The molecule has 0 heterocycles. The van der Waals surface area contributed by atoms with E-state index < -0.39 is 6.61 Å². The Balaban J connectivity index is 1.70. The van der Waals surface area contributed by atoms with Crippen molar-refractivity contribution >= 4 is 11.6 Å². The maximum atomic E-state index is 12.3. The topological polar surface area (TPSA) is 50.4 Å². The van der Waals surface area contributed by atoms with Crippen molar-refractivity contribution < 1.29 is 18.3 Å². The highest BCUT2D eigenvalue weighted by Crippen LogP contribution is 2.25. The maximum Gasteiger partial charge on any atom is 0.387 e. The van der Waals surface area contributed by atoms with Gasteiger partial charge in [0.25, 0.3) is 0 Å². The van der Waals surface area contributed by atoms with E-state index in [1.165, 1.54) is 11.6 Å². The van der Waals surface area contributed by atoms with Gasteiger partial charge < -0.3 is 15.4 Å². The van der Waals surface area contributed by atoms with Crippen LogP contribution in [0.3, 0.4) is 0 Å². The largest absolute Gasteiger partial charge is 0.433 e. The summed E-state index contributed by atoms with van der Waals surface area (Å²) in [4.78, 5) is 11.8. The molecular formula is C18H20F2N2O2. The van der Waals surface area contributed by atoms with Crippen LogP contribution in [0, 0.1) is 0 Å². The highest BCUT2D eigenvalue weighted by molar-refractivity contribution is 5.81. The second-order valence-corrected chi connectivity index (χ2v) is 5.17. The average molecular weight is 334 g/mol. The highest BCUT2D eigenvalue weighted by Gasteiger charge is 2.09. The van der Waals surface area contributed by atoms with E-state index in [0.29, 0.717) is 12.2 Å². The number of hydrogen-bond acceptors (Lipinski definition) is 3. The van der Waals surface area contributed by atoms with Gasteiger partial charge in [-0.05, 0) is 30.5 Å². The summed E-state index contributed by atoms with van der Waals surface area (Å²) in [6.45, 7) is -2.35. The van der Waals surface area contributed by atoms with Crippen LogP contribution in [0.25, 0.3) is 0 Å². The number of nitrogens with one attached hydrogen (secondary N) is 2. The standard InChI is InChI=1S/C18H20F2N2O2/c19-18(20)24-16-11-5-4-10-15(16)22-13-17(23)21-12-6-9-14-7-2-1-3-8-14/h1-5,7-8,10-11,18,22H,6,9,12-13H2,(H,21,23). The molecule has 0 fully saturated rings. The van der Waals surface area contributed by atoms with Crippen LogP contribution in [0.4, 0.5) is 14.5 Å². The number of carbonyl (C=O) groups is 1. The molecule has 0 spiro atoms. The number of anilines is 1. The van der Waals surface area contributed by atoms with Gasteiger partial charge in [0.15, 0.2) is 0 Å². The molecule has 6 heteroatoms. The lowest BCUT2D eigenvalue weighted by molar-refractivity contribution is -0.119. The van der Waals surface area contributed by atoms with Gasteiger partial charge in [0.1, 0.15) is 5.75 Å². The van der Waals surface area contributed by atoms with Crippen LogP contribution >= 0.6 is 0 Å². The molecule has 0 radical (unpaired) electrons. The fraction of sp³-hybridized carbons (Fsp3) is 0.278. The lowest BCUT2D eigenvalue weighted by Gasteiger charge is -2.12. The van der Waals surface area contributed by atoms with Crippen molar-refractivity contribution in [2.75, 3.05) is 18.4 Å². The summed E-state index contributed by atoms with van der Waals surface area (Å²) < 4.78 is 29.0. The van der Waals surface area contributed by atoms with Gasteiger partial charge >= 0.3 is 6.61 Å². The predicted molar refractivity (Wildman–Crippen MR) is 89.3 cm³/mol. The summed E-state index contributed by atoms with van der Waals surface area (Å²) in [5, 5.41) is 5.60. The van der Waals surface area contributed by atoms with Gasteiger partial charge in [-0.15, -0.1) is 0 Å². The van der Waals surface area contributed by atoms with E-state index >= 15 is 0 Å². The van der Waals surface area contributed by atoms with Crippen LogP contribution in [0.2, 0.25) is 0 Å². The zero-order chi connectivity index (χ0) is 17.2. The maximum absolute atomic E-state index is 12.3.